The molecule has 1 saturated heterocycles. The topological polar surface area (TPSA) is 24.0 Å². The maximum atomic E-state index is 13.7. The summed E-state index contributed by atoms with van der Waals surface area (Å²) in [5.41, 5.74) is 1.78. The molecule has 19 heavy (non-hydrogen) atoms. The van der Waals surface area contributed by atoms with Gasteiger partial charge in [0.15, 0.2) is 4.77 Å². The van der Waals surface area contributed by atoms with E-state index in [0.29, 0.717) is 14.4 Å². The summed E-state index contributed by atoms with van der Waals surface area (Å²) in [6.45, 7) is 1.96. The minimum Gasteiger partial charge on any atom is -0.331 e. The zero-order valence-corrected chi connectivity index (χ0v) is 13.6. The Labute approximate surface area is 129 Å². The second-order valence-electron chi connectivity index (χ2n) is 5.10. The molecule has 6 heteroatoms. The number of halogens is 2. The van der Waals surface area contributed by atoms with E-state index in [-0.39, 0.29) is 5.82 Å². The van der Waals surface area contributed by atoms with Gasteiger partial charge >= 0.3 is 0 Å². The molecule has 1 N–H and O–H groups in total. The fraction of sp³-hybridized carbons (Fsp3) is 0.462. The number of nitrogens with one attached hydrogen (secondary N) is 1. The van der Waals surface area contributed by atoms with Crippen LogP contribution in [0.15, 0.2) is 12.1 Å². The van der Waals surface area contributed by atoms with Crippen LogP contribution in [0.1, 0.15) is 12.8 Å². The number of fused-ring (bicyclic) bond motifs is 1. The fourth-order valence-corrected chi connectivity index (χ4v) is 3.50. The van der Waals surface area contributed by atoms with Crippen LogP contribution < -0.4 is 0 Å². The fourth-order valence-electron chi connectivity index (χ4n) is 2.75. The molecule has 1 fully saturated rings. The smallest absolute Gasteiger partial charge is 0.178 e. The summed E-state index contributed by atoms with van der Waals surface area (Å²) in [6, 6.07) is 3.89. The van der Waals surface area contributed by atoms with E-state index in [1.807, 2.05) is 33.2 Å². The van der Waals surface area contributed by atoms with Crippen molar-refractivity contribution in [3.05, 3.63) is 26.3 Å². The maximum absolute atomic E-state index is 13.7. The first-order valence-corrected chi connectivity index (χ1v) is 7.83. The average molecular weight is 391 g/mol. The lowest BCUT2D eigenvalue weighted by Gasteiger charge is -2.20. The number of likely N-dealkylation sites (tertiary alicyclic amines) is 1. The number of imidazole rings is 1. The number of aromatic nitrogens is 2. The minimum atomic E-state index is -0.185. The van der Waals surface area contributed by atoms with Crippen LogP contribution in [0.5, 0.6) is 0 Å². The molecule has 2 aromatic rings. The van der Waals surface area contributed by atoms with Gasteiger partial charge in [-0.1, -0.05) is 0 Å². The van der Waals surface area contributed by atoms with E-state index in [2.05, 4.69) is 16.9 Å². The molecule has 0 saturated carbocycles. The van der Waals surface area contributed by atoms with Crippen molar-refractivity contribution in [1.82, 2.24) is 14.5 Å². The molecular formula is C13H15FIN3S. The van der Waals surface area contributed by atoms with Gasteiger partial charge in [0.25, 0.3) is 0 Å². The number of likely N-dealkylation sites (N-methyl/N-ethyl adjacent to an activating group) is 1. The highest BCUT2D eigenvalue weighted by molar-refractivity contribution is 14.1. The van der Waals surface area contributed by atoms with Crippen LogP contribution in [-0.4, -0.2) is 34.1 Å². The SMILES string of the molecule is CN1CCCC1Cn1c(=S)[nH]c2cc(I)c(F)cc21. The van der Waals surface area contributed by atoms with Crippen LogP contribution in [0.25, 0.3) is 11.0 Å². The molecule has 3 rings (SSSR count). The third kappa shape index (κ3) is 2.45. The van der Waals surface area contributed by atoms with Crippen LogP contribution in [0.4, 0.5) is 4.39 Å². The third-order valence-corrected chi connectivity index (χ3v) is 5.03. The van der Waals surface area contributed by atoms with Crippen molar-refractivity contribution in [2.75, 3.05) is 13.6 Å². The monoisotopic (exact) mass is 391 g/mol. The van der Waals surface area contributed by atoms with Gasteiger partial charge in [-0.15, -0.1) is 0 Å². The Balaban J connectivity index is 2.05. The molecule has 1 atom stereocenters. The molecule has 3 nitrogen and oxygen atoms in total. The number of aromatic amines is 1. The van der Waals surface area contributed by atoms with Gasteiger partial charge in [-0.3, -0.25) is 0 Å². The van der Waals surface area contributed by atoms with Crippen molar-refractivity contribution in [2.45, 2.75) is 25.4 Å². The third-order valence-electron chi connectivity index (χ3n) is 3.88. The van der Waals surface area contributed by atoms with Crippen LogP contribution >= 0.6 is 34.8 Å². The van der Waals surface area contributed by atoms with Crippen LogP contribution in [0.3, 0.4) is 0 Å². The maximum Gasteiger partial charge on any atom is 0.178 e. The first-order valence-electron chi connectivity index (χ1n) is 6.34. The summed E-state index contributed by atoms with van der Waals surface area (Å²) in [4.78, 5) is 5.52. The largest absolute Gasteiger partial charge is 0.331 e. The lowest BCUT2D eigenvalue weighted by Crippen LogP contribution is -2.29. The van der Waals surface area contributed by atoms with Gasteiger partial charge in [0.1, 0.15) is 5.82 Å². The van der Waals surface area contributed by atoms with Crippen LogP contribution in [0, 0.1) is 14.2 Å². The van der Waals surface area contributed by atoms with Gasteiger partial charge in [0, 0.05) is 18.7 Å². The number of hydrogen-bond donors (Lipinski definition) is 1. The first-order chi connectivity index (χ1) is 9.06. The Bertz CT molecular complexity index is 678. The molecule has 1 aromatic carbocycles. The van der Waals surface area contributed by atoms with E-state index in [1.165, 1.54) is 12.8 Å². The summed E-state index contributed by atoms with van der Waals surface area (Å²) in [7, 11) is 2.14. The minimum absolute atomic E-state index is 0.185. The number of rotatable bonds is 2. The standard InChI is InChI=1S/C13H15FIN3S/c1-17-4-2-3-8(17)7-18-12-5-9(14)10(15)6-11(12)16-13(18)19/h5-6,8H,2-4,7H2,1H3,(H,16,19). The van der Waals surface area contributed by atoms with Crippen molar-refractivity contribution in [3.63, 3.8) is 0 Å². The Morgan fingerprint density at radius 1 is 1.53 bits per heavy atom. The molecule has 102 valence electrons. The van der Waals surface area contributed by atoms with Gasteiger partial charge < -0.3 is 14.5 Å². The van der Waals surface area contributed by atoms with E-state index < -0.39 is 0 Å². The summed E-state index contributed by atoms with van der Waals surface area (Å²) in [6.07, 6.45) is 2.40. The molecule has 1 aliphatic rings. The molecule has 0 spiro atoms. The average Bonchev–Trinajstić information content (AvgIpc) is 2.88. The number of benzene rings is 1. The normalized spacial score (nSPS) is 20.5. The molecule has 1 aromatic heterocycles. The Kier molecular flexibility index (Phi) is 3.65. The Morgan fingerprint density at radius 3 is 3.00 bits per heavy atom. The predicted octanol–water partition coefficient (Wildman–Crippen LogP) is 3.54. The lowest BCUT2D eigenvalue weighted by molar-refractivity contribution is 0.283. The van der Waals surface area contributed by atoms with Crippen molar-refractivity contribution >= 4 is 45.8 Å². The molecule has 1 unspecified atom stereocenters. The van der Waals surface area contributed by atoms with Crippen molar-refractivity contribution < 1.29 is 4.39 Å². The summed E-state index contributed by atoms with van der Waals surface area (Å²) < 4.78 is 17.1. The molecular weight excluding hydrogens is 376 g/mol. The first kappa shape index (κ1) is 13.5. The van der Waals surface area contributed by atoms with Crippen molar-refractivity contribution in [1.29, 1.82) is 0 Å². The van der Waals surface area contributed by atoms with Crippen LogP contribution in [-0.2, 0) is 6.54 Å². The summed E-state index contributed by atoms with van der Waals surface area (Å²) in [5, 5.41) is 0. The van der Waals surface area contributed by atoms with Gasteiger partial charge in [0.2, 0.25) is 0 Å². The van der Waals surface area contributed by atoms with E-state index >= 15 is 0 Å². The highest BCUT2D eigenvalue weighted by atomic mass is 127. The van der Waals surface area contributed by atoms with E-state index in [4.69, 9.17) is 12.2 Å². The van der Waals surface area contributed by atoms with Gasteiger partial charge in [-0.05, 0) is 67.3 Å². The van der Waals surface area contributed by atoms with E-state index in [0.717, 1.165) is 24.1 Å². The highest BCUT2D eigenvalue weighted by Crippen LogP contribution is 2.23. The quantitative estimate of drug-likeness (QED) is 0.626. The highest BCUT2D eigenvalue weighted by Gasteiger charge is 2.22. The zero-order chi connectivity index (χ0) is 13.6. The second-order valence-corrected chi connectivity index (χ2v) is 6.65. The molecule has 2 heterocycles. The van der Waals surface area contributed by atoms with Gasteiger partial charge in [-0.25, -0.2) is 4.39 Å². The molecule has 0 radical (unpaired) electrons. The van der Waals surface area contributed by atoms with Crippen molar-refractivity contribution in [3.8, 4) is 0 Å². The van der Waals surface area contributed by atoms with Gasteiger partial charge in [-0.2, -0.15) is 0 Å². The zero-order valence-electron chi connectivity index (χ0n) is 10.6. The number of nitrogens with zero attached hydrogens (tertiary/aromatic N) is 2. The Morgan fingerprint density at radius 2 is 2.32 bits per heavy atom. The molecule has 1 aliphatic heterocycles. The molecule has 0 amide bonds. The van der Waals surface area contributed by atoms with Gasteiger partial charge in [0.05, 0.1) is 14.6 Å². The summed E-state index contributed by atoms with van der Waals surface area (Å²) >= 11 is 7.38. The van der Waals surface area contributed by atoms with Crippen molar-refractivity contribution in [2.24, 2.45) is 0 Å². The lowest BCUT2D eigenvalue weighted by atomic mass is 10.2. The van der Waals surface area contributed by atoms with E-state index in [9.17, 15) is 4.39 Å². The number of hydrogen-bond acceptors (Lipinski definition) is 2. The molecule has 0 aliphatic carbocycles. The predicted molar refractivity (Wildman–Crippen MR) is 85.4 cm³/mol. The van der Waals surface area contributed by atoms with E-state index in [1.54, 1.807) is 6.07 Å². The second kappa shape index (κ2) is 5.14. The molecule has 0 bridgehead atoms. The number of H-pyrrole nitrogens is 1. The summed E-state index contributed by atoms with van der Waals surface area (Å²) in [5.74, 6) is -0.185. The Hall–Kier alpha value is -0.470. The van der Waals surface area contributed by atoms with Crippen LogP contribution in [0.2, 0.25) is 0 Å².